The van der Waals surface area contributed by atoms with E-state index in [2.05, 4.69) is 15.2 Å². The molecule has 1 amide bonds. The Bertz CT molecular complexity index is 668. The molecule has 2 aromatic rings. The maximum absolute atomic E-state index is 12.2. The molecule has 9 heteroatoms. The lowest BCUT2D eigenvalue weighted by molar-refractivity contribution is 0.102. The molecule has 0 spiro atoms. The van der Waals surface area contributed by atoms with Gasteiger partial charge in [-0.3, -0.25) is 4.79 Å². The summed E-state index contributed by atoms with van der Waals surface area (Å²) < 4.78 is 5.71. The van der Waals surface area contributed by atoms with E-state index in [4.69, 9.17) is 10.5 Å². The van der Waals surface area contributed by atoms with E-state index in [1.54, 1.807) is 5.38 Å². The average Bonchev–Trinajstić information content (AvgIpc) is 3.01. The van der Waals surface area contributed by atoms with Gasteiger partial charge in [-0.2, -0.15) is 0 Å². The first-order valence-electron chi connectivity index (χ1n) is 7.92. The molecule has 6 nitrogen and oxygen atoms in total. The molecule has 0 bridgehead atoms. The van der Waals surface area contributed by atoms with E-state index < -0.39 is 0 Å². The molecule has 1 aromatic heterocycles. The SMILES string of the molecule is CN(C)CCCOc1cccc(NC(=O)c2csc(CCN)n2)c1.Cl.Cl. The molecule has 2 rings (SSSR count). The van der Waals surface area contributed by atoms with Gasteiger partial charge in [0.25, 0.3) is 5.91 Å². The summed E-state index contributed by atoms with van der Waals surface area (Å²) in [5.74, 6) is 0.521. The van der Waals surface area contributed by atoms with Crippen LogP contribution in [0.4, 0.5) is 5.69 Å². The van der Waals surface area contributed by atoms with Crippen molar-refractivity contribution in [2.24, 2.45) is 5.73 Å². The number of nitrogens with zero attached hydrogens (tertiary/aromatic N) is 2. The highest BCUT2D eigenvalue weighted by atomic mass is 35.5. The Balaban J connectivity index is 0.00000312. The van der Waals surface area contributed by atoms with Crippen LogP contribution < -0.4 is 15.8 Å². The summed E-state index contributed by atoms with van der Waals surface area (Å²) in [7, 11) is 4.07. The number of anilines is 1. The third-order valence-corrected chi connectivity index (χ3v) is 4.16. The van der Waals surface area contributed by atoms with Crippen LogP contribution in [-0.4, -0.2) is 49.6 Å². The number of halogens is 2. The minimum absolute atomic E-state index is 0. The maximum atomic E-state index is 12.2. The van der Waals surface area contributed by atoms with E-state index in [0.717, 1.165) is 23.7 Å². The van der Waals surface area contributed by atoms with Crippen LogP contribution in [0, 0.1) is 0 Å². The van der Waals surface area contributed by atoms with Gasteiger partial charge in [-0.05, 0) is 39.2 Å². The van der Waals surface area contributed by atoms with Crippen LogP contribution in [0.1, 0.15) is 21.9 Å². The number of hydrogen-bond acceptors (Lipinski definition) is 6. The van der Waals surface area contributed by atoms with E-state index in [0.29, 0.717) is 31.0 Å². The Morgan fingerprint density at radius 1 is 1.35 bits per heavy atom. The Morgan fingerprint density at radius 3 is 2.81 bits per heavy atom. The normalized spacial score (nSPS) is 10.0. The highest BCUT2D eigenvalue weighted by Crippen LogP contribution is 2.19. The van der Waals surface area contributed by atoms with Gasteiger partial charge >= 0.3 is 0 Å². The lowest BCUT2D eigenvalue weighted by Gasteiger charge is -2.11. The first kappa shape index (κ1) is 24.6. The quantitative estimate of drug-likeness (QED) is 0.609. The van der Waals surface area contributed by atoms with Crippen molar-refractivity contribution in [2.75, 3.05) is 39.1 Å². The third kappa shape index (κ3) is 8.33. The van der Waals surface area contributed by atoms with Gasteiger partial charge in [0.1, 0.15) is 11.4 Å². The van der Waals surface area contributed by atoms with Crippen LogP contribution in [0.3, 0.4) is 0 Å². The zero-order chi connectivity index (χ0) is 17.4. The van der Waals surface area contributed by atoms with Crippen molar-refractivity contribution < 1.29 is 9.53 Å². The Labute approximate surface area is 170 Å². The molecule has 0 unspecified atom stereocenters. The number of thiazole rings is 1. The maximum Gasteiger partial charge on any atom is 0.275 e. The van der Waals surface area contributed by atoms with Crippen molar-refractivity contribution in [3.05, 3.63) is 40.3 Å². The fraction of sp³-hybridized carbons (Fsp3) is 0.412. The second-order valence-corrected chi connectivity index (χ2v) is 6.60. The predicted octanol–water partition coefficient (Wildman–Crippen LogP) is 3.07. The summed E-state index contributed by atoms with van der Waals surface area (Å²) in [4.78, 5) is 18.6. The first-order valence-corrected chi connectivity index (χ1v) is 8.80. The molecule has 146 valence electrons. The largest absolute Gasteiger partial charge is 0.493 e. The van der Waals surface area contributed by atoms with Crippen molar-refractivity contribution in [1.82, 2.24) is 9.88 Å². The minimum Gasteiger partial charge on any atom is -0.493 e. The minimum atomic E-state index is -0.223. The highest BCUT2D eigenvalue weighted by Gasteiger charge is 2.11. The molecule has 1 heterocycles. The lowest BCUT2D eigenvalue weighted by Crippen LogP contribution is -2.15. The van der Waals surface area contributed by atoms with E-state index in [1.807, 2.05) is 38.4 Å². The monoisotopic (exact) mass is 420 g/mol. The van der Waals surface area contributed by atoms with Crippen molar-refractivity contribution in [1.29, 1.82) is 0 Å². The molecule has 26 heavy (non-hydrogen) atoms. The number of nitrogens with two attached hydrogens (primary N) is 1. The number of rotatable bonds is 9. The van der Waals surface area contributed by atoms with Crippen molar-refractivity contribution in [3.8, 4) is 5.75 Å². The zero-order valence-corrected chi connectivity index (χ0v) is 17.4. The first-order chi connectivity index (χ1) is 11.6. The van der Waals surface area contributed by atoms with E-state index >= 15 is 0 Å². The Kier molecular flexibility index (Phi) is 12.2. The van der Waals surface area contributed by atoms with Gasteiger partial charge in [0.05, 0.1) is 11.6 Å². The number of hydrogen-bond donors (Lipinski definition) is 2. The van der Waals surface area contributed by atoms with Gasteiger partial charge in [-0.1, -0.05) is 6.07 Å². The van der Waals surface area contributed by atoms with Crippen molar-refractivity contribution in [3.63, 3.8) is 0 Å². The summed E-state index contributed by atoms with van der Waals surface area (Å²) in [6.07, 6.45) is 1.64. The number of ether oxygens (including phenoxy) is 1. The van der Waals surface area contributed by atoms with Crippen LogP contribution in [-0.2, 0) is 6.42 Å². The summed E-state index contributed by atoms with van der Waals surface area (Å²) in [6, 6.07) is 7.39. The highest BCUT2D eigenvalue weighted by molar-refractivity contribution is 7.09. The van der Waals surface area contributed by atoms with Gasteiger partial charge in [0.15, 0.2) is 0 Å². The summed E-state index contributed by atoms with van der Waals surface area (Å²) in [6.45, 7) is 2.15. The number of benzene rings is 1. The van der Waals surface area contributed by atoms with E-state index in [-0.39, 0.29) is 30.7 Å². The zero-order valence-electron chi connectivity index (χ0n) is 14.9. The van der Waals surface area contributed by atoms with Gasteiger partial charge < -0.3 is 20.7 Å². The molecule has 0 aliphatic carbocycles. The number of carbonyl (C=O) groups is 1. The van der Waals surface area contributed by atoms with Crippen LogP contribution in [0.25, 0.3) is 0 Å². The average molecular weight is 421 g/mol. The summed E-state index contributed by atoms with van der Waals surface area (Å²) in [5.41, 5.74) is 6.61. The van der Waals surface area contributed by atoms with Crippen LogP contribution >= 0.6 is 36.2 Å². The van der Waals surface area contributed by atoms with Crippen molar-refractivity contribution in [2.45, 2.75) is 12.8 Å². The lowest BCUT2D eigenvalue weighted by atomic mass is 10.3. The second-order valence-electron chi connectivity index (χ2n) is 5.65. The molecule has 1 aromatic carbocycles. The van der Waals surface area contributed by atoms with Crippen LogP contribution in [0.15, 0.2) is 29.6 Å². The van der Waals surface area contributed by atoms with E-state index in [1.165, 1.54) is 11.3 Å². The van der Waals surface area contributed by atoms with Gasteiger partial charge in [0, 0.05) is 30.1 Å². The van der Waals surface area contributed by atoms with E-state index in [9.17, 15) is 4.79 Å². The molecular weight excluding hydrogens is 395 g/mol. The molecule has 0 saturated carbocycles. The van der Waals surface area contributed by atoms with Crippen LogP contribution in [0.2, 0.25) is 0 Å². The number of carbonyl (C=O) groups excluding carboxylic acids is 1. The third-order valence-electron chi connectivity index (χ3n) is 3.25. The number of amides is 1. The molecule has 0 aliphatic rings. The smallest absolute Gasteiger partial charge is 0.275 e. The van der Waals surface area contributed by atoms with Gasteiger partial charge in [-0.25, -0.2) is 4.98 Å². The van der Waals surface area contributed by atoms with Crippen molar-refractivity contribution >= 4 is 47.7 Å². The molecule has 0 fully saturated rings. The second kappa shape index (κ2) is 12.9. The fourth-order valence-corrected chi connectivity index (χ4v) is 2.88. The molecule has 0 saturated heterocycles. The Morgan fingerprint density at radius 2 is 2.12 bits per heavy atom. The fourth-order valence-electron chi connectivity index (χ4n) is 2.08. The summed E-state index contributed by atoms with van der Waals surface area (Å²) in [5, 5.41) is 5.48. The topological polar surface area (TPSA) is 80.5 Å². The number of nitrogens with one attached hydrogen (secondary N) is 1. The molecule has 3 N–H and O–H groups in total. The predicted molar refractivity (Wildman–Crippen MR) is 112 cm³/mol. The van der Waals surface area contributed by atoms with Gasteiger partial charge in [-0.15, -0.1) is 36.2 Å². The summed E-state index contributed by atoms with van der Waals surface area (Å²) >= 11 is 1.45. The Hall–Kier alpha value is -1.38. The van der Waals surface area contributed by atoms with Gasteiger partial charge in [0.2, 0.25) is 0 Å². The molecular formula is C17H26Cl2N4O2S. The standard InChI is InChI=1S/C17H24N4O2S.2ClH/c1-21(2)9-4-10-23-14-6-3-5-13(11-14)19-17(22)15-12-24-16(20-15)7-8-18;;/h3,5-6,11-12H,4,7-10,18H2,1-2H3,(H,19,22);2*1H. The number of aromatic nitrogens is 1. The van der Waals surface area contributed by atoms with Crippen LogP contribution in [0.5, 0.6) is 5.75 Å². The molecule has 0 atom stereocenters. The molecule has 0 radical (unpaired) electrons. The molecule has 0 aliphatic heterocycles.